The summed E-state index contributed by atoms with van der Waals surface area (Å²) < 4.78 is 5.80. The summed E-state index contributed by atoms with van der Waals surface area (Å²) in [4.78, 5) is 12.0. The molecule has 19 heavy (non-hydrogen) atoms. The van der Waals surface area contributed by atoms with E-state index in [4.69, 9.17) is 4.74 Å². The molecule has 0 aliphatic heterocycles. The van der Waals surface area contributed by atoms with Gasteiger partial charge in [0, 0.05) is 5.54 Å². The van der Waals surface area contributed by atoms with Gasteiger partial charge in [-0.15, -0.1) is 0 Å². The topological polar surface area (TPSA) is 38.3 Å². The van der Waals surface area contributed by atoms with E-state index in [1.807, 2.05) is 45.0 Å². The molecule has 0 aliphatic rings. The van der Waals surface area contributed by atoms with Gasteiger partial charge in [-0.05, 0) is 45.2 Å². The van der Waals surface area contributed by atoms with Crippen molar-refractivity contribution in [2.75, 3.05) is 0 Å². The third kappa shape index (κ3) is 4.93. The zero-order chi connectivity index (χ0) is 14.6. The van der Waals surface area contributed by atoms with Crippen molar-refractivity contribution in [1.82, 2.24) is 5.32 Å². The minimum atomic E-state index is -0.501. The van der Waals surface area contributed by atoms with E-state index in [-0.39, 0.29) is 11.4 Å². The molecule has 0 spiro atoms. The Hall–Kier alpha value is -1.51. The molecule has 1 atom stereocenters. The number of amides is 1. The van der Waals surface area contributed by atoms with E-state index in [1.54, 1.807) is 6.92 Å². The summed E-state index contributed by atoms with van der Waals surface area (Å²) >= 11 is 0. The number of carbonyl (C=O) groups excluding carboxylic acids is 1. The second kappa shape index (κ2) is 6.09. The average molecular weight is 263 g/mol. The highest BCUT2D eigenvalue weighted by molar-refractivity contribution is 5.81. The zero-order valence-electron chi connectivity index (χ0n) is 12.8. The minimum Gasteiger partial charge on any atom is -0.481 e. The number of benzene rings is 1. The molecule has 1 aromatic rings. The van der Waals surface area contributed by atoms with Crippen molar-refractivity contribution in [2.45, 2.75) is 59.1 Å². The maximum atomic E-state index is 12.0. The van der Waals surface area contributed by atoms with Crippen molar-refractivity contribution in [2.24, 2.45) is 0 Å². The molecular formula is C16H25NO2. The van der Waals surface area contributed by atoms with Gasteiger partial charge in [-0.25, -0.2) is 0 Å². The molecule has 3 heteroatoms. The summed E-state index contributed by atoms with van der Waals surface area (Å²) in [6.45, 7) is 11.9. The highest BCUT2D eigenvalue weighted by Gasteiger charge is 2.21. The maximum Gasteiger partial charge on any atom is 0.261 e. The first kappa shape index (κ1) is 15.5. The zero-order valence-corrected chi connectivity index (χ0v) is 12.8. The molecule has 0 heterocycles. The quantitative estimate of drug-likeness (QED) is 0.903. The van der Waals surface area contributed by atoms with Crippen LogP contribution in [0.25, 0.3) is 0 Å². The van der Waals surface area contributed by atoms with Gasteiger partial charge >= 0.3 is 0 Å². The number of rotatable bonds is 4. The highest BCUT2D eigenvalue weighted by atomic mass is 16.5. The van der Waals surface area contributed by atoms with Crippen LogP contribution in [-0.4, -0.2) is 17.6 Å². The lowest BCUT2D eigenvalue weighted by molar-refractivity contribution is -0.128. The normalized spacial score (nSPS) is 13.2. The summed E-state index contributed by atoms with van der Waals surface area (Å²) in [6.07, 6.45) is -0.501. The Bertz CT molecular complexity index is 433. The van der Waals surface area contributed by atoms with Crippen LogP contribution in [0.3, 0.4) is 0 Å². The standard InChI is InChI=1S/C16H25NO2/c1-11(2)13-9-7-8-10-14(13)19-12(3)15(18)17-16(4,5)6/h7-12H,1-6H3,(H,17,18)/t12-/m0/s1. The number of nitrogens with one attached hydrogen (secondary N) is 1. The van der Waals surface area contributed by atoms with Gasteiger partial charge in [0.25, 0.3) is 5.91 Å². The van der Waals surface area contributed by atoms with Crippen molar-refractivity contribution < 1.29 is 9.53 Å². The first-order chi connectivity index (χ1) is 8.70. The molecule has 0 unspecified atom stereocenters. The van der Waals surface area contributed by atoms with Crippen molar-refractivity contribution in [3.05, 3.63) is 29.8 Å². The molecule has 3 nitrogen and oxygen atoms in total. The molecule has 0 bridgehead atoms. The fraction of sp³-hybridized carbons (Fsp3) is 0.562. The number of ether oxygens (including phenoxy) is 1. The maximum absolute atomic E-state index is 12.0. The Balaban J connectivity index is 2.77. The summed E-state index contributed by atoms with van der Waals surface area (Å²) in [5.74, 6) is 1.06. The predicted octanol–water partition coefficient (Wildman–Crippen LogP) is 3.49. The second-order valence-electron chi connectivity index (χ2n) is 6.19. The summed E-state index contributed by atoms with van der Waals surface area (Å²) in [6, 6.07) is 7.86. The van der Waals surface area contributed by atoms with Gasteiger partial charge in [0.05, 0.1) is 0 Å². The predicted molar refractivity (Wildman–Crippen MR) is 78.5 cm³/mol. The minimum absolute atomic E-state index is 0.0916. The van der Waals surface area contributed by atoms with Crippen LogP contribution in [0.2, 0.25) is 0 Å². The molecule has 1 N–H and O–H groups in total. The van der Waals surface area contributed by atoms with Crippen molar-refractivity contribution in [3.63, 3.8) is 0 Å². The lowest BCUT2D eigenvalue weighted by Gasteiger charge is -2.24. The molecule has 1 amide bonds. The van der Waals surface area contributed by atoms with Crippen LogP contribution >= 0.6 is 0 Å². The van der Waals surface area contributed by atoms with Gasteiger partial charge in [-0.3, -0.25) is 4.79 Å². The van der Waals surface area contributed by atoms with Gasteiger partial charge < -0.3 is 10.1 Å². The lowest BCUT2D eigenvalue weighted by Crippen LogP contribution is -2.46. The van der Waals surface area contributed by atoms with E-state index in [1.165, 1.54) is 0 Å². The van der Waals surface area contributed by atoms with Gasteiger partial charge in [-0.1, -0.05) is 32.0 Å². The molecule has 0 aliphatic carbocycles. The molecule has 1 aromatic carbocycles. The van der Waals surface area contributed by atoms with Gasteiger partial charge in [0.1, 0.15) is 5.75 Å². The molecule has 106 valence electrons. The lowest BCUT2D eigenvalue weighted by atomic mass is 10.0. The largest absolute Gasteiger partial charge is 0.481 e. The van der Waals surface area contributed by atoms with E-state index in [0.717, 1.165) is 11.3 Å². The average Bonchev–Trinajstić information content (AvgIpc) is 2.27. The van der Waals surface area contributed by atoms with Crippen LogP contribution < -0.4 is 10.1 Å². The third-order valence-corrected chi connectivity index (χ3v) is 2.71. The molecule has 0 saturated heterocycles. The SMILES string of the molecule is CC(C)c1ccccc1O[C@@H](C)C(=O)NC(C)(C)C. The summed E-state index contributed by atoms with van der Waals surface area (Å²) in [5, 5.41) is 2.92. The molecule has 0 radical (unpaired) electrons. The van der Waals surface area contributed by atoms with Crippen molar-refractivity contribution in [1.29, 1.82) is 0 Å². The Kier molecular flexibility index (Phi) is 4.98. The Morgan fingerprint density at radius 1 is 1.16 bits per heavy atom. The van der Waals surface area contributed by atoms with E-state index < -0.39 is 6.10 Å². The smallest absolute Gasteiger partial charge is 0.261 e. The first-order valence-corrected chi connectivity index (χ1v) is 6.78. The second-order valence-corrected chi connectivity index (χ2v) is 6.19. The van der Waals surface area contributed by atoms with Crippen molar-refractivity contribution >= 4 is 5.91 Å². The summed E-state index contributed by atoms with van der Waals surface area (Å²) in [5.41, 5.74) is 0.879. The Morgan fingerprint density at radius 3 is 2.26 bits per heavy atom. The van der Waals surface area contributed by atoms with E-state index in [9.17, 15) is 4.79 Å². The number of carbonyl (C=O) groups is 1. The number of hydrogen-bond donors (Lipinski definition) is 1. The van der Waals surface area contributed by atoms with Crippen LogP contribution in [0.1, 0.15) is 53.0 Å². The monoisotopic (exact) mass is 263 g/mol. The highest BCUT2D eigenvalue weighted by Crippen LogP contribution is 2.26. The molecule has 0 saturated carbocycles. The Morgan fingerprint density at radius 2 is 1.74 bits per heavy atom. The van der Waals surface area contributed by atoms with Crippen molar-refractivity contribution in [3.8, 4) is 5.75 Å². The van der Waals surface area contributed by atoms with Crippen LogP contribution in [-0.2, 0) is 4.79 Å². The van der Waals surface area contributed by atoms with Crippen LogP contribution in [0, 0.1) is 0 Å². The van der Waals surface area contributed by atoms with E-state index in [2.05, 4.69) is 19.2 Å². The van der Waals surface area contributed by atoms with Gasteiger partial charge in [-0.2, -0.15) is 0 Å². The summed E-state index contributed by atoms with van der Waals surface area (Å²) in [7, 11) is 0. The van der Waals surface area contributed by atoms with Crippen LogP contribution in [0.5, 0.6) is 5.75 Å². The molecule has 1 rings (SSSR count). The fourth-order valence-electron chi connectivity index (χ4n) is 1.78. The van der Waals surface area contributed by atoms with Crippen LogP contribution in [0.4, 0.5) is 0 Å². The third-order valence-electron chi connectivity index (χ3n) is 2.71. The molecular weight excluding hydrogens is 238 g/mol. The first-order valence-electron chi connectivity index (χ1n) is 6.78. The fourth-order valence-corrected chi connectivity index (χ4v) is 1.78. The van der Waals surface area contributed by atoms with E-state index in [0.29, 0.717) is 5.92 Å². The van der Waals surface area contributed by atoms with Crippen LogP contribution in [0.15, 0.2) is 24.3 Å². The number of hydrogen-bond acceptors (Lipinski definition) is 2. The molecule has 0 fully saturated rings. The number of para-hydroxylation sites is 1. The van der Waals surface area contributed by atoms with Gasteiger partial charge in [0.15, 0.2) is 6.10 Å². The van der Waals surface area contributed by atoms with Gasteiger partial charge in [0.2, 0.25) is 0 Å². The Labute approximate surface area is 116 Å². The molecule has 0 aromatic heterocycles. The van der Waals surface area contributed by atoms with E-state index >= 15 is 0 Å².